The van der Waals surface area contributed by atoms with Crippen molar-refractivity contribution in [3.63, 3.8) is 0 Å². The van der Waals surface area contributed by atoms with Gasteiger partial charge >= 0.3 is 6.61 Å². The number of ketones is 1. The van der Waals surface area contributed by atoms with Crippen molar-refractivity contribution in [1.29, 1.82) is 0 Å². The van der Waals surface area contributed by atoms with E-state index in [0.29, 0.717) is 29.5 Å². The Morgan fingerprint density at radius 1 is 1.32 bits per heavy atom. The molecule has 0 amide bonds. The summed E-state index contributed by atoms with van der Waals surface area (Å²) in [6, 6.07) is 7.37. The second kappa shape index (κ2) is 9.78. The zero-order chi connectivity index (χ0) is 22.5. The summed E-state index contributed by atoms with van der Waals surface area (Å²) in [7, 11) is 0. The Hall–Kier alpha value is -3.13. The van der Waals surface area contributed by atoms with E-state index in [2.05, 4.69) is 10.1 Å². The van der Waals surface area contributed by atoms with Crippen LogP contribution in [0.25, 0.3) is 5.57 Å². The molecule has 1 heterocycles. The molecule has 164 valence electrons. The quantitative estimate of drug-likeness (QED) is 0.599. The molecule has 2 aromatic carbocycles. The molecule has 0 aliphatic carbocycles. The predicted octanol–water partition coefficient (Wildman–Crippen LogP) is 4.92. The highest BCUT2D eigenvalue weighted by molar-refractivity contribution is 5.87. The van der Waals surface area contributed by atoms with Gasteiger partial charge in [0.05, 0.1) is 6.61 Å². The average molecular weight is 433 g/mol. The van der Waals surface area contributed by atoms with Gasteiger partial charge in [0.15, 0.2) is 12.1 Å². The SMILES string of the molecule is CC(=O)C1CC=C(c2cc(NCc3cc(C)ccc3OC(F)F)c(C=O)cc2F)CO1. The van der Waals surface area contributed by atoms with Gasteiger partial charge in [-0.1, -0.05) is 23.8 Å². The number of aryl methyl sites for hydroxylation is 1. The molecule has 5 nitrogen and oxygen atoms in total. The summed E-state index contributed by atoms with van der Waals surface area (Å²) in [5.41, 5.74) is 2.54. The molecular formula is C23H22F3NO4. The van der Waals surface area contributed by atoms with Crippen molar-refractivity contribution in [3.05, 3.63) is 64.5 Å². The molecule has 1 aliphatic rings. The number of benzene rings is 2. The van der Waals surface area contributed by atoms with Gasteiger partial charge in [-0.05, 0) is 44.0 Å². The molecule has 0 radical (unpaired) electrons. The predicted molar refractivity (Wildman–Crippen MR) is 110 cm³/mol. The first kappa shape index (κ1) is 22.6. The standard InChI is InChI=1S/C23H22F3NO4/c1-13-3-5-22(31-23(25)26)16(7-13)10-27-20-9-18(19(24)8-17(20)11-28)15-4-6-21(14(2)29)30-12-15/h3-5,7-9,11,21,23,27H,6,10,12H2,1-2H3. The molecular weight excluding hydrogens is 411 g/mol. The number of rotatable bonds is 8. The van der Waals surface area contributed by atoms with Crippen LogP contribution in [0.5, 0.6) is 5.75 Å². The molecule has 8 heteroatoms. The third kappa shape index (κ3) is 5.52. The average Bonchev–Trinajstić information content (AvgIpc) is 2.74. The normalized spacial score (nSPS) is 16.1. The number of nitrogens with one attached hydrogen (secondary N) is 1. The lowest BCUT2D eigenvalue weighted by Crippen LogP contribution is -2.25. The Bertz CT molecular complexity index is 1020. The van der Waals surface area contributed by atoms with E-state index in [9.17, 15) is 22.8 Å². The lowest BCUT2D eigenvalue weighted by molar-refractivity contribution is -0.127. The summed E-state index contributed by atoms with van der Waals surface area (Å²) < 4.78 is 50.1. The Morgan fingerprint density at radius 3 is 2.71 bits per heavy atom. The molecule has 0 fully saturated rings. The third-order valence-corrected chi connectivity index (χ3v) is 4.99. The summed E-state index contributed by atoms with van der Waals surface area (Å²) >= 11 is 0. The van der Waals surface area contributed by atoms with E-state index in [1.54, 1.807) is 18.2 Å². The van der Waals surface area contributed by atoms with E-state index in [0.717, 1.165) is 11.6 Å². The Morgan fingerprint density at radius 2 is 2.10 bits per heavy atom. The second-order valence-corrected chi connectivity index (χ2v) is 7.26. The fourth-order valence-electron chi connectivity index (χ4n) is 3.37. The van der Waals surface area contributed by atoms with Crippen LogP contribution in [0.2, 0.25) is 0 Å². The van der Waals surface area contributed by atoms with Gasteiger partial charge in [-0.3, -0.25) is 9.59 Å². The molecule has 1 atom stereocenters. The largest absolute Gasteiger partial charge is 0.434 e. The van der Waals surface area contributed by atoms with Crippen LogP contribution < -0.4 is 10.1 Å². The number of halogens is 3. The highest BCUT2D eigenvalue weighted by Gasteiger charge is 2.22. The number of hydrogen-bond acceptors (Lipinski definition) is 5. The third-order valence-electron chi connectivity index (χ3n) is 4.99. The number of Topliss-reactive ketones (excluding diaryl/α,β-unsaturated/α-hetero) is 1. The molecule has 1 unspecified atom stereocenters. The van der Waals surface area contributed by atoms with Crippen LogP contribution in [0.1, 0.15) is 40.4 Å². The molecule has 0 spiro atoms. The topological polar surface area (TPSA) is 64.6 Å². The fourth-order valence-corrected chi connectivity index (χ4v) is 3.37. The van der Waals surface area contributed by atoms with E-state index >= 15 is 0 Å². The van der Waals surface area contributed by atoms with Crippen molar-refractivity contribution >= 4 is 23.3 Å². The molecule has 0 saturated heterocycles. The van der Waals surface area contributed by atoms with Crippen molar-refractivity contribution in [1.82, 2.24) is 0 Å². The number of carbonyl (C=O) groups excluding carboxylic acids is 2. The zero-order valence-electron chi connectivity index (χ0n) is 17.1. The summed E-state index contributed by atoms with van der Waals surface area (Å²) in [5.74, 6) is -0.683. The van der Waals surface area contributed by atoms with Crippen LogP contribution in [-0.4, -0.2) is 31.4 Å². The number of anilines is 1. The van der Waals surface area contributed by atoms with Gasteiger partial charge in [0, 0.05) is 28.9 Å². The maximum Gasteiger partial charge on any atom is 0.387 e. The van der Waals surface area contributed by atoms with Gasteiger partial charge < -0.3 is 14.8 Å². The first-order chi connectivity index (χ1) is 14.8. The van der Waals surface area contributed by atoms with E-state index in [-0.39, 0.29) is 35.8 Å². The lowest BCUT2D eigenvalue weighted by atomic mass is 9.98. The van der Waals surface area contributed by atoms with Crippen LogP contribution >= 0.6 is 0 Å². The van der Waals surface area contributed by atoms with E-state index in [1.165, 1.54) is 19.1 Å². The van der Waals surface area contributed by atoms with Crippen LogP contribution in [0.15, 0.2) is 36.4 Å². The van der Waals surface area contributed by atoms with Gasteiger partial charge in [0.1, 0.15) is 17.7 Å². The van der Waals surface area contributed by atoms with Gasteiger partial charge in [0.2, 0.25) is 0 Å². The van der Waals surface area contributed by atoms with Gasteiger partial charge in [-0.25, -0.2) is 4.39 Å². The molecule has 31 heavy (non-hydrogen) atoms. The number of carbonyl (C=O) groups is 2. The van der Waals surface area contributed by atoms with E-state index in [1.807, 2.05) is 6.92 Å². The van der Waals surface area contributed by atoms with Crippen LogP contribution in [0.3, 0.4) is 0 Å². The smallest absolute Gasteiger partial charge is 0.387 e. The lowest BCUT2D eigenvalue weighted by Gasteiger charge is -2.22. The Kier molecular flexibility index (Phi) is 7.12. The van der Waals surface area contributed by atoms with Crippen molar-refractivity contribution < 1.29 is 32.2 Å². The number of ether oxygens (including phenoxy) is 2. The molecule has 3 rings (SSSR count). The Labute approximate surface area is 177 Å². The van der Waals surface area contributed by atoms with Crippen molar-refractivity contribution in [2.24, 2.45) is 0 Å². The Balaban J connectivity index is 1.87. The number of aldehydes is 1. The molecule has 0 saturated carbocycles. The summed E-state index contributed by atoms with van der Waals surface area (Å²) in [4.78, 5) is 22.9. The van der Waals surface area contributed by atoms with Crippen molar-refractivity contribution in [2.75, 3.05) is 11.9 Å². The van der Waals surface area contributed by atoms with Gasteiger partial charge in [-0.2, -0.15) is 8.78 Å². The highest BCUT2D eigenvalue weighted by atomic mass is 19.3. The van der Waals surface area contributed by atoms with Crippen molar-refractivity contribution in [3.8, 4) is 5.75 Å². The van der Waals surface area contributed by atoms with Crippen LogP contribution in [0, 0.1) is 12.7 Å². The first-order valence-electron chi connectivity index (χ1n) is 9.67. The van der Waals surface area contributed by atoms with E-state index in [4.69, 9.17) is 4.74 Å². The summed E-state index contributed by atoms with van der Waals surface area (Å²) in [5, 5.41) is 3.01. The summed E-state index contributed by atoms with van der Waals surface area (Å²) in [6.45, 7) is 0.416. The first-order valence-corrected chi connectivity index (χ1v) is 9.67. The summed E-state index contributed by atoms with van der Waals surface area (Å²) in [6.07, 6.45) is 2.04. The minimum Gasteiger partial charge on any atom is -0.434 e. The number of alkyl halides is 2. The zero-order valence-corrected chi connectivity index (χ0v) is 17.1. The van der Waals surface area contributed by atoms with Crippen molar-refractivity contribution in [2.45, 2.75) is 39.5 Å². The van der Waals surface area contributed by atoms with Gasteiger partial charge in [0.25, 0.3) is 0 Å². The molecule has 2 aromatic rings. The minimum atomic E-state index is -2.97. The maximum atomic E-state index is 14.6. The molecule has 0 aromatic heterocycles. The molecule has 0 bridgehead atoms. The van der Waals surface area contributed by atoms with Crippen LogP contribution in [0.4, 0.5) is 18.9 Å². The van der Waals surface area contributed by atoms with Gasteiger partial charge in [-0.15, -0.1) is 0 Å². The fraction of sp³-hybridized carbons (Fsp3) is 0.304. The minimum absolute atomic E-state index is 0.0155. The second-order valence-electron chi connectivity index (χ2n) is 7.26. The van der Waals surface area contributed by atoms with Crippen LogP contribution in [-0.2, 0) is 16.1 Å². The highest BCUT2D eigenvalue weighted by Crippen LogP contribution is 2.30. The maximum absolute atomic E-state index is 14.6. The monoisotopic (exact) mass is 433 g/mol. The van der Waals surface area contributed by atoms with E-state index < -0.39 is 18.5 Å². The molecule has 1 N–H and O–H groups in total. The molecule has 1 aliphatic heterocycles. The number of hydrogen-bond donors (Lipinski definition) is 1.